The molecule has 73 heavy (non-hydrogen) atoms. The van der Waals surface area contributed by atoms with Crippen LogP contribution in [0.25, 0.3) is 0 Å². The smallest absolute Gasteiger partial charge is 0.264 e. The Labute approximate surface area is 426 Å². The summed E-state index contributed by atoms with van der Waals surface area (Å²) in [5.74, 6) is -0.749. The highest BCUT2D eigenvalue weighted by Crippen LogP contribution is 2.47. The topological polar surface area (TPSA) is 196 Å². The number of benzene rings is 4. The van der Waals surface area contributed by atoms with Crippen LogP contribution >= 0.6 is 0 Å². The van der Waals surface area contributed by atoms with Crippen molar-refractivity contribution in [3.05, 3.63) is 134 Å². The van der Waals surface area contributed by atoms with E-state index in [9.17, 15) is 24.3 Å². The fraction of sp³-hybridized carbons (Fsp3) is 0.464. The van der Waals surface area contributed by atoms with Gasteiger partial charge < -0.3 is 34.1 Å². The highest BCUT2D eigenvalue weighted by Gasteiger charge is 2.47. The van der Waals surface area contributed by atoms with Gasteiger partial charge >= 0.3 is 0 Å². The molecule has 17 heteroatoms. The van der Waals surface area contributed by atoms with Crippen molar-refractivity contribution < 1.29 is 48.0 Å². The van der Waals surface area contributed by atoms with Crippen molar-refractivity contribution in [3.8, 4) is 11.5 Å². The number of imide groups is 2. The first-order chi connectivity index (χ1) is 35.2. The molecular formula is C56H67N7O10. The number of nitrogens with one attached hydrogen (secondary N) is 2. The Morgan fingerprint density at radius 2 is 1.40 bits per heavy atom. The van der Waals surface area contributed by atoms with Crippen LogP contribution in [0.2, 0.25) is 0 Å². The summed E-state index contributed by atoms with van der Waals surface area (Å²) in [7, 11) is 0. The molecule has 0 spiro atoms. The molecule has 2 fully saturated rings. The second-order valence-electron chi connectivity index (χ2n) is 20.1. The van der Waals surface area contributed by atoms with Crippen molar-refractivity contribution in [2.24, 2.45) is 0 Å². The molecule has 4 aliphatic rings. The van der Waals surface area contributed by atoms with Gasteiger partial charge in [0.1, 0.15) is 19.3 Å². The fourth-order valence-electron chi connectivity index (χ4n) is 11.1. The molecule has 17 nitrogen and oxygen atoms in total. The maximum absolute atomic E-state index is 13.3. The first-order valence-electron chi connectivity index (χ1n) is 25.5. The van der Waals surface area contributed by atoms with Gasteiger partial charge in [-0.25, -0.2) is 4.68 Å². The lowest BCUT2D eigenvalue weighted by Crippen LogP contribution is -2.54. The number of amides is 4. The molecular weight excluding hydrogens is 931 g/mol. The average molecular weight is 998 g/mol. The van der Waals surface area contributed by atoms with Crippen molar-refractivity contribution >= 4 is 29.3 Å². The average Bonchev–Trinajstić information content (AvgIpc) is 3.89. The standard InChI is InChI=1S/C56H67N7O10/c1-35-21-36(2)24-40(23-35)33-72-49-27-42-11-13-62-39(5)29-56(68,31-48(62)45(42)28-50(49)73-34-41-25-37(3)22-38(4)26-41)30-43-32-61(60-59-43)14-16-70-18-20-71-19-17-69-15-12-57-46-8-6-7-44-52(46)55(67)63(54(44)66)47-9-10-51(64)58-53(47)65/h6-8,21-28,32,39,47-48,57,68H,9-20,29-31,33-34H2,1-5H3,(H,58,64,65). The molecule has 0 saturated carbocycles. The number of hydrogen-bond donors (Lipinski definition) is 3. The minimum Gasteiger partial charge on any atom is -0.485 e. The zero-order valence-corrected chi connectivity index (χ0v) is 42.5. The van der Waals surface area contributed by atoms with Gasteiger partial charge in [-0.1, -0.05) is 69.9 Å². The molecule has 4 unspecified atom stereocenters. The van der Waals surface area contributed by atoms with Crippen LogP contribution in [0.5, 0.6) is 11.5 Å². The lowest BCUT2D eigenvalue weighted by Gasteiger charge is -2.50. The number of piperidine rings is 2. The summed E-state index contributed by atoms with van der Waals surface area (Å²) >= 11 is 0. The summed E-state index contributed by atoms with van der Waals surface area (Å²) in [6, 6.07) is 21.4. The van der Waals surface area contributed by atoms with Crippen molar-refractivity contribution in [1.82, 2.24) is 30.1 Å². The quantitative estimate of drug-likeness (QED) is 0.0517. The predicted octanol–water partition coefficient (Wildman–Crippen LogP) is 6.29. The third kappa shape index (κ3) is 12.3. The minimum atomic E-state index is -1.02. The number of aromatic nitrogens is 3. The number of aliphatic hydroxyl groups is 1. The number of carbonyl (C=O) groups excluding carboxylic acids is 4. The molecule has 4 aromatic carbocycles. The maximum Gasteiger partial charge on any atom is 0.264 e. The Hall–Kier alpha value is -6.50. The molecule has 4 aliphatic heterocycles. The molecule has 1 aromatic heterocycles. The van der Waals surface area contributed by atoms with E-state index in [2.05, 4.69) is 109 Å². The molecule has 3 N–H and O–H groups in total. The molecule has 386 valence electrons. The summed E-state index contributed by atoms with van der Waals surface area (Å²) in [5.41, 5.74) is 10.0. The van der Waals surface area contributed by atoms with Crippen LogP contribution in [0.4, 0.5) is 5.69 Å². The number of nitrogens with zero attached hydrogens (tertiary/aromatic N) is 5. The van der Waals surface area contributed by atoms with E-state index in [1.54, 1.807) is 22.9 Å². The lowest BCUT2D eigenvalue weighted by molar-refractivity contribution is -0.136. The molecule has 0 radical (unpaired) electrons. The third-order valence-electron chi connectivity index (χ3n) is 14.1. The van der Waals surface area contributed by atoms with E-state index in [4.69, 9.17) is 23.7 Å². The van der Waals surface area contributed by atoms with Crippen molar-refractivity contribution in [2.75, 3.05) is 58.0 Å². The van der Waals surface area contributed by atoms with E-state index in [0.29, 0.717) is 96.6 Å². The monoisotopic (exact) mass is 997 g/mol. The van der Waals surface area contributed by atoms with Gasteiger partial charge in [-0.3, -0.25) is 34.3 Å². The van der Waals surface area contributed by atoms with Crippen molar-refractivity contribution in [2.45, 2.75) is 117 Å². The number of rotatable bonds is 22. The van der Waals surface area contributed by atoms with Gasteiger partial charge in [-0.15, -0.1) is 5.10 Å². The van der Waals surface area contributed by atoms with Gasteiger partial charge in [-0.2, -0.15) is 0 Å². The summed E-state index contributed by atoms with van der Waals surface area (Å²) in [4.78, 5) is 53.9. The number of aryl methyl sites for hydroxylation is 4. The zero-order valence-electron chi connectivity index (χ0n) is 42.5. The molecule has 4 atom stereocenters. The van der Waals surface area contributed by atoms with Crippen molar-refractivity contribution in [3.63, 3.8) is 0 Å². The van der Waals surface area contributed by atoms with Crippen LogP contribution in [0.15, 0.2) is 72.9 Å². The largest absolute Gasteiger partial charge is 0.485 e. The molecule has 5 heterocycles. The zero-order chi connectivity index (χ0) is 51.2. The Morgan fingerprint density at radius 3 is 2.07 bits per heavy atom. The highest BCUT2D eigenvalue weighted by atomic mass is 16.5. The minimum absolute atomic E-state index is 0.00496. The van der Waals surface area contributed by atoms with E-state index in [1.165, 1.54) is 33.4 Å². The first kappa shape index (κ1) is 51.4. The highest BCUT2D eigenvalue weighted by molar-refractivity contribution is 6.25. The van der Waals surface area contributed by atoms with Crippen LogP contribution in [-0.2, 0) is 56.4 Å². The van der Waals surface area contributed by atoms with Gasteiger partial charge in [0.15, 0.2) is 11.5 Å². The van der Waals surface area contributed by atoms with E-state index in [-0.39, 0.29) is 36.1 Å². The van der Waals surface area contributed by atoms with Gasteiger partial charge in [-0.05, 0) is 107 Å². The van der Waals surface area contributed by atoms with Crippen molar-refractivity contribution in [1.29, 1.82) is 0 Å². The number of hydrogen-bond acceptors (Lipinski definition) is 14. The van der Waals surface area contributed by atoms with E-state index in [0.717, 1.165) is 40.4 Å². The number of fused-ring (bicyclic) bond motifs is 4. The Balaban J connectivity index is 0.713. The predicted molar refractivity (Wildman–Crippen MR) is 272 cm³/mol. The summed E-state index contributed by atoms with van der Waals surface area (Å²) in [6.07, 6.45) is 4.50. The van der Waals surface area contributed by atoms with Crippen LogP contribution < -0.4 is 20.1 Å². The molecule has 0 aliphatic carbocycles. The van der Waals surface area contributed by atoms with E-state index < -0.39 is 35.3 Å². The molecule has 9 rings (SSSR count). The van der Waals surface area contributed by atoms with Crippen LogP contribution in [-0.4, -0.2) is 124 Å². The van der Waals surface area contributed by atoms with Crippen LogP contribution in [0.3, 0.4) is 0 Å². The normalized spacial score (nSPS) is 20.7. The molecule has 2 saturated heterocycles. The Kier molecular flexibility index (Phi) is 16.0. The Morgan fingerprint density at radius 1 is 0.753 bits per heavy atom. The van der Waals surface area contributed by atoms with E-state index >= 15 is 0 Å². The first-order valence-corrected chi connectivity index (χ1v) is 25.5. The number of carbonyl (C=O) groups is 4. The fourth-order valence-corrected chi connectivity index (χ4v) is 11.1. The summed E-state index contributed by atoms with van der Waals surface area (Å²) in [6.45, 7) is 15.5. The van der Waals surface area contributed by atoms with Gasteiger partial charge in [0.05, 0.1) is 68.6 Å². The second kappa shape index (κ2) is 22.7. The van der Waals surface area contributed by atoms with Crippen LogP contribution in [0, 0.1) is 27.7 Å². The maximum atomic E-state index is 13.3. The molecule has 4 amide bonds. The third-order valence-corrected chi connectivity index (χ3v) is 14.1. The van der Waals surface area contributed by atoms with Crippen LogP contribution in [0.1, 0.15) is 110 Å². The summed E-state index contributed by atoms with van der Waals surface area (Å²) in [5, 5.41) is 26.5. The lowest BCUT2D eigenvalue weighted by atomic mass is 9.75. The SMILES string of the molecule is Cc1cc(C)cc(COc2cc3c(cc2OCc2cc(C)cc(C)c2)C2CC(O)(Cc4cn(CCOCCOCCOCCNc5cccc6c5C(=O)N(C5CCC(=O)NC5=O)C6=O)nn4)CC(C)N2CC3)c1. The Bertz CT molecular complexity index is 2810. The molecule has 5 aromatic rings. The number of anilines is 1. The number of ether oxygens (including phenoxy) is 5. The second-order valence-corrected chi connectivity index (χ2v) is 20.1. The van der Waals surface area contributed by atoms with E-state index in [1.807, 2.05) is 6.20 Å². The molecule has 0 bridgehead atoms. The van der Waals surface area contributed by atoms with Gasteiger partial charge in [0.25, 0.3) is 11.8 Å². The van der Waals surface area contributed by atoms with Gasteiger partial charge in [0.2, 0.25) is 11.8 Å². The van der Waals surface area contributed by atoms with Gasteiger partial charge in [0, 0.05) is 49.9 Å². The summed E-state index contributed by atoms with van der Waals surface area (Å²) < 4.78 is 32.2.